The molecule has 120 valence electrons. The van der Waals surface area contributed by atoms with Crippen molar-refractivity contribution in [2.45, 2.75) is 32.7 Å². The molecule has 1 N–H and O–H groups in total. The Bertz CT molecular complexity index is 671. The fourth-order valence-corrected chi connectivity index (χ4v) is 2.69. The van der Waals surface area contributed by atoms with E-state index in [0.29, 0.717) is 11.3 Å². The van der Waals surface area contributed by atoms with Gasteiger partial charge in [-0.1, -0.05) is 19.0 Å². The Morgan fingerprint density at radius 1 is 1.50 bits per heavy atom. The van der Waals surface area contributed by atoms with Crippen LogP contribution < -0.4 is 5.32 Å². The summed E-state index contributed by atoms with van der Waals surface area (Å²) >= 11 is 0. The molecule has 0 unspecified atom stereocenters. The topological polar surface area (TPSA) is 71.3 Å². The second kappa shape index (κ2) is 6.62. The normalized spacial score (nSPS) is 18.5. The standard InChI is InChI=1S/C15H20N4O2.ClH/c1-9(2)13-12-6-11(8-17-14(12)21-18-13)15(20)19-5-4-16-7-10(19)3;/h6,8-10,16H,4-5,7H2,1-3H3;1H/t10-;/m0./s1. The summed E-state index contributed by atoms with van der Waals surface area (Å²) in [5.74, 6) is 0.255. The van der Waals surface area contributed by atoms with Crippen LogP contribution in [0, 0.1) is 0 Å². The Morgan fingerprint density at radius 2 is 2.27 bits per heavy atom. The summed E-state index contributed by atoms with van der Waals surface area (Å²) in [4.78, 5) is 18.8. The van der Waals surface area contributed by atoms with E-state index in [9.17, 15) is 4.79 Å². The first-order valence-corrected chi connectivity index (χ1v) is 7.35. The van der Waals surface area contributed by atoms with Gasteiger partial charge in [-0.3, -0.25) is 4.79 Å². The zero-order chi connectivity index (χ0) is 15.0. The number of carbonyl (C=O) groups excluding carboxylic acids is 1. The zero-order valence-electron chi connectivity index (χ0n) is 13.0. The van der Waals surface area contributed by atoms with Crippen molar-refractivity contribution in [3.05, 3.63) is 23.5 Å². The number of pyridine rings is 1. The van der Waals surface area contributed by atoms with E-state index in [2.05, 4.69) is 22.4 Å². The van der Waals surface area contributed by atoms with Gasteiger partial charge in [0.15, 0.2) is 0 Å². The predicted molar refractivity (Wildman–Crippen MR) is 86.5 cm³/mol. The lowest BCUT2D eigenvalue weighted by Gasteiger charge is -2.33. The molecule has 0 bridgehead atoms. The van der Waals surface area contributed by atoms with Crippen molar-refractivity contribution in [3.63, 3.8) is 0 Å². The van der Waals surface area contributed by atoms with E-state index in [4.69, 9.17) is 4.52 Å². The fraction of sp³-hybridized carbons (Fsp3) is 0.533. The molecule has 1 aliphatic heterocycles. The van der Waals surface area contributed by atoms with E-state index >= 15 is 0 Å². The second-order valence-corrected chi connectivity index (χ2v) is 5.85. The number of rotatable bonds is 2. The Labute approximate surface area is 135 Å². The third-order valence-corrected chi connectivity index (χ3v) is 3.91. The van der Waals surface area contributed by atoms with Gasteiger partial charge in [0.05, 0.1) is 16.6 Å². The number of amides is 1. The van der Waals surface area contributed by atoms with Crippen molar-refractivity contribution in [3.8, 4) is 0 Å². The summed E-state index contributed by atoms with van der Waals surface area (Å²) in [6, 6.07) is 2.04. The Kier molecular flexibility index (Phi) is 5.03. The molecule has 3 heterocycles. The average molecular weight is 325 g/mol. The minimum absolute atomic E-state index is 0. The first-order valence-electron chi connectivity index (χ1n) is 7.35. The van der Waals surface area contributed by atoms with Gasteiger partial charge in [-0.15, -0.1) is 12.4 Å². The molecule has 1 amide bonds. The van der Waals surface area contributed by atoms with Crippen LogP contribution >= 0.6 is 12.4 Å². The second-order valence-electron chi connectivity index (χ2n) is 5.85. The predicted octanol–water partition coefficient (Wildman–Crippen LogP) is 2.20. The molecule has 22 heavy (non-hydrogen) atoms. The minimum Gasteiger partial charge on any atom is -0.336 e. The van der Waals surface area contributed by atoms with Gasteiger partial charge in [0, 0.05) is 31.9 Å². The highest BCUT2D eigenvalue weighted by molar-refractivity contribution is 5.97. The third-order valence-electron chi connectivity index (χ3n) is 3.91. The van der Waals surface area contributed by atoms with Crippen LogP contribution in [0.4, 0.5) is 0 Å². The molecular formula is C15H21ClN4O2. The van der Waals surface area contributed by atoms with E-state index in [1.165, 1.54) is 0 Å². The average Bonchev–Trinajstić information content (AvgIpc) is 2.90. The summed E-state index contributed by atoms with van der Waals surface area (Å²) in [6.07, 6.45) is 1.58. The van der Waals surface area contributed by atoms with Gasteiger partial charge in [-0.2, -0.15) is 0 Å². The van der Waals surface area contributed by atoms with E-state index < -0.39 is 0 Å². The highest BCUT2D eigenvalue weighted by atomic mass is 35.5. The molecule has 7 heteroatoms. The minimum atomic E-state index is 0. The SMILES string of the molecule is CC(C)c1noc2ncc(C(=O)N3CCNC[C@@H]3C)cc12.Cl. The number of hydrogen-bond donors (Lipinski definition) is 1. The van der Waals surface area contributed by atoms with Gasteiger partial charge >= 0.3 is 0 Å². The van der Waals surface area contributed by atoms with Gasteiger partial charge in [-0.25, -0.2) is 4.98 Å². The van der Waals surface area contributed by atoms with E-state index in [-0.39, 0.29) is 30.3 Å². The lowest BCUT2D eigenvalue weighted by atomic mass is 10.1. The van der Waals surface area contributed by atoms with Crippen molar-refractivity contribution < 1.29 is 9.32 Å². The van der Waals surface area contributed by atoms with Crippen LogP contribution in [0.2, 0.25) is 0 Å². The molecule has 3 rings (SSSR count). The fourth-order valence-electron chi connectivity index (χ4n) is 2.69. The Hall–Kier alpha value is -1.66. The number of fused-ring (bicyclic) bond motifs is 1. The van der Waals surface area contributed by atoms with E-state index in [1.807, 2.05) is 24.8 Å². The van der Waals surface area contributed by atoms with Gasteiger partial charge in [0.1, 0.15) is 0 Å². The molecule has 0 radical (unpaired) electrons. The molecule has 1 atom stereocenters. The number of hydrogen-bond acceptors (Lipinski definition) is 5. The number of nitrogens with one attached hydrogen (secondary N) is 1. The largest absolute Gasteiger partial charge is 0.336 e. The first-order chi connectivity index (χ1) is 10.1. The summed E-state index contributed by atoms with van der Waals surface area (Å²) in [7, 11) is 0. The van der Waals surface area contributed by atoms with Crippen LogP contribution in [-0.4, -0.2) is 46.6 Å². The van der Waals surface area contributed by atoms with Crippen molar-refractivity contribution in [1.29, 1.82) is 0 Å². The van der Waals surface area contributed by atoms with Gasteiger partial charge in [-0.05, 0) is 18.9 Å². The molecule has 1 aliphatic rings. The van der Waals surface area contributed by atoms with E-state index in [1.54, 1.807) is 6.20 Å². The highest BCUT2D eigenvalue weighted by Gasteiger charge is 2.25. The summed E-state index contributed by atoms with van der Waals surface area (Å²) in [5.41, 5.74) is 1.94. The maximum absolute atomic E-state index is 12.7. The molecule has 1 fully saturated rings. The maximum Gasteiger partial charge on any atom is 0.257 e. The van der Waals surface area contributed by atoms with Crippen LogP contribution in [0.25, 0.3) is 11.1 Å². The summed E-state index contributed by atoms with van der Waals surface area (Å²) in [5, 5.41) is 8.17. The monoisotopic (exact) mass is 324 g/mol. The van der Waals surface area contributed by atoms with Crippen LogP contribution in [-0.2, 0) is 0 Å². The number of nitrogens with zero attached hydrogens (tertiary/aromatic N) is 3. The molecular weight excluding hydrogens is 304 g/mol. The molecule has 0 saturated carbocycles. The quantitative estimate of drug-likeness (QED) is 0.917. The van der Waals surface area contributed by atoms with Gasteiger partial charge in [0.25, 0.3) is 11.6 Å². The third kappa shape index (κ3) is 2.94. The molecule has 2 aromatic rings. The summed E-state index contributed by atoms with van der Waals surface area (Å²) in [6.45, 7) is 8.52. The smallest absolute Gasteiger partial charge is 0.257 e. The molecule has 2 aromatic heterocycles. The van der Waals surface area contributed by atoms with Crippen molar-refractivity contribution in [2.24, 2.45) is 0 Å². The van der Waals surface area contributed by atoms with Gasteiger partial charge < -0.3 is 14.7 Å². The highest BCUT2D eigenvalue weighted by Crippen LogP contribution is 2.24. The van der Waals surface area contributed by atoms with Crippen molar-refractivity contribution in [1.82, 2.24) is 20.4 Å². The van der Waals surface area contributed by atoms with Crippen LogP contribution in [0.5, 0.6) is 0 Å². The lowest BCUT2D eigenvalue weighted by molar-refractivity contribution is 0.0655. The lowest BCUT2D eigenvalue weighted by Crippen LogP contribution is -2.52. The van der Waals surface area contributed by atoms with Crippen LogP contribution in [0.15, 0.2) is 16.8 Å². The zero-order valence-corrected chi connectivity index (χ0v) is 13.8. The maximum atomic E-state index is 12.7. The number of halogens is 1. The molecule has 0 aromatic carbocycles. The number of piperazine rings is 1. The molecule has 0 spiro atoms. The summed E-state index contributed by atoms with van der Waals surface area (Å²) < 4.78 is 5.22. The van der Waals surface area contributed by atoms with Crippen LogP contribution in [0.1, 0.15) is 42.7 Å². The number of carbonyl (C=O) groups is 1. The van der Waals surface area contributed by atoms with Crippen molar-refractivity contribution >= 4 is 29.4 Å². The molecule has 1 saturated heterocycles. The molecule has 6 nitrogen and oxygen atoms in total. The molecule has 0 aliphatic carbocycles. The van der Waals surface area contributed by atoms with E-state index in [0.717, 1.165) is 30.7 Å². The van der Waals surface area contributed by atoms with Gasteiger partial charge in [0.2, 0.25) is 0 Å². The Morgan fingerprint density at radius 3 is 2.95 bits per heavy atom. The number of aromatic nitrogens is 2. The first kappa shape index (κ1) is 16.7. The Balaban J connectivity index is 0.00000176. The van der Waals surface area contributed by atoms with Crippen LogP contribution in [0.3, 0.4) is 0 Å². The van der Waals surface area contributed by atoms with Crippen molar-refractivity contribution in [2.75, 3.05) is 19.6 Å².